The minimum atomic E-state index is -0.622. The minimum Gasteiger partial charge on any atom is -0.459 e. The van der Waals surface area contributed by atoms with Crippen LogP contribution in [0.25, 0.3) is 0 Å². The lowest BCUT2D eigenvalue weighted by Gasteiger charge is -2.35. The molecule has 1 amide bonds. The largest absolute Gasteiger partial charge is 0.459 e. The predicted octanol–water partition coefficient (Wildman–Crippen LogP) is 2.75. The number of likely N-dealkylation sites (N-methyl/N-ethyl adjacent to an activating group) is 1. The number of quaternary nitrogens is 1. The van der Waals surface area contributed by atoms with Crippen molar-refractivity contribution in [3.05, 3.63) is 35.9 Å². The molecule has 1 rings (SSSR count). The number of carbonyl (C=O) groups is 2. The summed E-state index contributed by atoms with van der Waals surface area (Å²) in [4.78, 5) is 24.9. The van der Waals surface area contributed by atoms with Crippen molar-refractivity contribution in [3.63, 3.8) is 0 Å². The van der Waals surface area contributed by atoms with Crippen LogP contribution >= 0.6 is 0 Å². The Morgan fingerprint density at radius 3 is 2.08 bits per heavy atom. The van der Waals surface area contributed by atoms with Crippen molar-refractivity contribution in [1.82, 2.24) is 5.32 Å². The fourth-order valence-corrected chi connectivity index (χ4v) is 2.85. The average Bonchev–Trinajstić information content (AvgIpc) is 2.63. The highest BCUT2D eigenvalue weighted by Gasteiger charge is 2.30. The van der Waals surface area contributed by atoms with Crippen LogP contribution in [-0.4, -0.2) is 48.6 Å². The average molecular weight is 349 g/mol. The topological polar surface area (TPSA) is 55.4 Å². The van der Waals surface area contributed by atoms with Gasteiger partial charge in [-0.15, -0.1) is 0 Å². The number of amides is 1. The van der Waals surface area contributed by atoms with Crippen molar-refractivity contribution < 1.29 is 18.8 Å². The third kappa shape index (κ3) is 6.50. The van der Waals surface area contributed by atoms with E-state index in [1.807, 2.05) is 44.2 Å². The van der Waals surface area contributed by atoms with Crippen molar-refractivity contribution in [2.75, 3.05) is 26.2 Å². The first-order valence-corrected chi connectivity index (χ1v) is 9.22. The molecule has 0 saturated carbocycles. The van der Waals surface area contributed by atoms with E-state index in [1.165, 1.54) is 0 Å². The van der Waals surface area contributed by atoms with Gasteiger partial charge in [-0.25, -0.2) is 4.79 Å². The van der Waals surface area contributed by atoms with Gasteiger partial charge in [-0.2, -0.15) is 0 Å². The highest BCUT2D eigenvalue weighted by atomic mass is 16.5. The number of rotatable bonds is 10. The van der Waals surface area contributed by atoms with Gasteiger partial charge in [0.2, 0.25) is 0 Å². The molecule has 25 heavy (non-hydrogen) atoms. The van der Waals surface area contributed by atoms with Crippen molar-refractivity contribution in [2.45, 2.75) is 47.3 Å². The Bertz CT molecular complexity index is 531. The van der Waals surface area contributed by atoms with E-state index < -0.39 is 6.04 Å². The second kappa shape index (κ2) is 10.2. The molecule has 0 aliphatic heterocycles. The first-order valence-electron chi connectivity index (χ1n) is 9.22. The molecule has 1 unspecified atom stereocenters. The molecule has 0 aromatic heterocycles. The van der Waals surface area contributed by atoms with E-state index in [4.69, 9.17) is 4.74 Å². The second-order valence-electron chi connectivity index (χ2n) is 6.83. The summed E-state index contributed by atoms with van der Waals surface area (Å²) in [5.74, 6) is -0.505. The molecule has 1 atom stereocenters. The van der Waals surface area contributed by atoms with Crippen LogP contribution in [0.1, 0.15) is 40.2 Å². The van der Waals surface area contributed by atoms with Crippen LogP contribution in [-0.2, 0) is 20.9 Å². The molecule has 1 aromatic carbocycles. The zero-order chi connectivity index (χ0) is 18.9. The first-order chi connectivity index (χ1) is 11.9. The van der Waals surface area contributed by atoms with Gasteiger partial charge >= 0.3 is 5.97 Å². The molecule has 0 saturated heterocycles. The summed E-state index contributed by atoms with van der Waals surface area (Å²) in [7, 11) is 0. The third-order valence-electron chi connectivity index (χ3n) is 4.95. The number of benzene rings is 1. The van der Waals surface area contributed by atoms with Crippen LogP contribution in [0.2, 0.25) is 0 Å². The number of hydrogen-bond acceptors (Lipinski definition) is 3. The van der Waals surface area contributed by atoms with E-state index >= 15 is 0 Å². The zero-order valence-corrected chi connectivity index (χ0v) is 16.2. The molecule has 0 fully saturated rings. The first kappa shape index (κ1) is 21.2. The van der Waals surface area contributed by atoms with E-state index in [1.54, 1.807) is 0 Å². The van der Waals surface area contributed by atoms with E-state index in [-0.39, 0.29) is 24.4 Å². The molecule has 1 aromatic rings. The van der Waals surface area contributed by atoms with Gasteiger partial charge in [0.05, 0.1) is 19.6 Å². The SMILES string of the molecule is CC[N+](CC)(CC)CC(=O)NC(C(=O)OCc1ccccc1)C(C)C. The van der Waals surface area contributed by atoms with Crippen LogP contribution in [0.5, 0.6) is 0 Å². The smallest absolute Gasteiger partial charge is 0.329 e. The maximum atomic E-state index is 12.5. The lowest BCUT2D eigenvalue weighted by molar-refractivity contribution is -0.915. The van der Waals surface area contributed by atoms with Gasteiger partial charge in [0.1, 0.15) is 12.6 Å². The summed E-state index contributed by atoms with van der Waals surface area (Å²) >= 11 is 0. The summed E-state index contributed by atoms with van der Waals surface area (Å²) < 4.78 is 6.12. The maximum Gasteiger partial charge on any atom is 0.329 e. The molecule has 0 heterocycles. The molecule has 0 spiro atoms. The van der Waals surface area contributed by atoms with Gasteiger partial charge in [0, 0.05) is 0 Å². The Kier molecular flexibility index (Phi) is 8.62. The van der Waals surface area contributed by atoms with Gasteiger partial charge < -0.3 is 14.5 Å². The van der Waals surface area contributed by atoms with E-state index in [0.29, 0.717) is 6.54 Å². The lowest BCUT2D eigenvalue weighted by Crippen LogP contribution is -2.56. The highest BCUT2D eigenvalue weighted by Crippen LogP contribution is 2.09. The third-order valence-corrected chi connectivity index (χ3v) is 4.95. The molecule has 0 aliphatic carbocycles. The van der Waals surface area contributed by atoms with E-state index in [0.717, 1.165) is 29.7 Å². The number of nitrogens with zero attached hydrogens (tertiary/aromatic N) is 1. The van der Waals surface area contributed by atoms with Crippen LogP contribution in [0.15, 0.2) is 30.3 Å². The lowest BCUT2D eigenvalue weighted by atomic mass is 10.0. The fourth-order valence-electron chi connectivity index (χ4n) is 2.85. The monoisotopic (exact) mass is 349 g/mol. The number of hydrogen-bond donors (Lipinski definition) is 1. The normalized spacial score (nSPS) is 12.7. The van der Waals surface area contributed by atoms with Gasteiger partial charge in [0.25, 0.3) is 5.91 Å². The van der Waals surface area contributed by atoms with E-state index in [2.05, 4.69) is 26.1 Å². The van der Waals surface area contributed by atoms with E-state index in [9.17, 15) is 9.59 Å². The van der Waals surface area contributed by atoms with Crippen molar-refractivity contribution >= 4 is 11.9 Å². The molecular formula is C20H33N2O3+. The fraction of sp³-hybridized carbons (Fsp3) is 0.600. The molecule has 140 valence electrons. The summed E-state index contributed by atoms with van der Waals surface area (Å²) in [5, 5.41) is 2.88. The molecule has 0 aliphatic rings. The molecule has 0 bridgehead atoms. The molecule has 0 radical (unpaired) electrons. The Hall–Kier alpha value is -1.88. The zero-order valence-electron chi connectivity index (χ0n) is 16.2. The highest BCUT2D eigenvalue weighted by molar-refractivity contribution is 5.85. The minimum absolute atomic E-state index is 0.0287. The Morgan fingerprint density at radius 1 is 1.04 bits per heavy atom. The van der Waals surface area contributed by atoms with Crippen LogP contribution in [0.3, 0.4) is 0 Å². The van der Waals surface area contributed by atoms with Gasteiger partial charge in [0.15, 0.2) is 6.54 Å². The Morgan fingerprint density at radius 2 is 1.60 bits per heavy atom. The van der Waals surface area contributed by atoms with Gasteiger partial charge in [-0.05, 0) is 32.3 Å². The maximum absolute atomic E-state index is 12.5. The van der Waals surface area contributed by atoms with Crippen molar-refractivity contribution in [2.24, 2.45) is 5.92 Å². The number of nitrogens with one attached hydrogen (secondary N) is 1. The van der Waals surface area contributed by atoms with Crippen LogP contribution in [0.4, 0.5) is 0 Å². The van der Waals surface area contributed by atoms with Gasteiger partial charge in [-0.1, -0.05) is 44.2 Å². The summed E-state index contributed by atoms with van der Waals surface area (Å²) in [6.45, 7) is 13.4. The molecule has 5 nitrogen and oxygen atoms in total. The standard InChI is InChI=1S/C20H32N2O3/c1-6-22(7-2,8-3)14-18(23)21-19(16(4)5)20(24)25-15-17-12-10-9-11-13-17/h9-13,16,19H,6-8,14-15H2,1-5H3/p+1. The van der Waals surface area contributed by atoms with Crippen LogP contribution in [0, 0.1) is 5.92 Å². The Balaban J connectivity index is 2.66. The van der Waals surface area contributed by atoms with Crippen molar-refractivity contribution in [3.8, 4) is 0 Å². The quantitative estimate of drug-likeness (QED) is 0.522. The Labute approximate surface area is 151 Å². The van der Waals surface area contributed by atoms with Gasteiger partial charge in [-0.3, -0.25) is 4.79 Å². The number of carbonyl (C=O) groups excluding carboxylic acids is 2. The predicted molar refractivity (Wildman–Crippen MR) is 99.8 cm³/mol. The molecule has 1 N–H and O–H groups in total. The van der Waals surface area contributed by atoms with Crippen LogP contribution < -0.4 is 5.32 Å². The second-order valence-corrected chi connectivity index (χ2v) is 6.83. The molecule has 5 heteroatoms. The number of ether oxygens (including phenoxy) is 1. The number of esters is 1. The van der Waals surface area contributed by atoms with Crippen molar-refractivity contribution in [1.29, 1.82) is 0 Å². The summed E-state index contributed by atoms with van der Waals surface area (Å²) in [5.41, 5.74) is 0.934. The molecular weight excluding hydrogens is 316 g/mol. The summed E-state index contributed by atoms with van der Waals surface area (Å²) in [6, 6.07) is 8.93. The summed E-state index contributed by atoms with van der Waals surface area (Å²) in [6.07, 6.45) is 0.